The Balaban J connectivity index is 2.99. The van der Waals surface area contributed by atoms with E-state index in [1.165, 1.54) is 12.1 Å². The van der Waals surface area contributed by atoms with Gasteiger partial charge in [0.05, 0.1) is 10.0 Å². The van der Waals surface area contributed by atoms with Gasteiger partial charge in [-0.15, -0.1) is 0 Å². The minimum atomic E-state index is -3.67. The zero-order valence-corrected chi connectivity index (χ0v) is 13.9. The third kappa shape index (κ3) is 4.38. The summed E-state index contributed by atoms with van der Waals surface area (Å²) in [5.74, 6) is 0.420. The fourth-order valence-corrected chi connectivity index (χ4v) is 4.32. The Hall–Kier alpha value is 0.190. The fourth-order valence-electron chi connectivity index (χ4n) is 1.34. The second-order valence-electron chi connectivity index (χ2n) is 4.28. The highest BCUT2D eigenvalue weighted by atomic mass is 79.9. The molecule has 0 aliphatic heterocycles. The molecule has 0 aromatic heterocycles. The second kappa shape index (κ2) is 6.57. The molecule has 0 aliphatic carbocycles. The lowest BCUT2D eigenvalue weighted by molar-refractivity contribution is 0.551. The van der Waals surface area contributed by atoms with E-state index in [4.69, 9.17) is 23.2 Å². The van der Waals surface area contributed by atoms with Crippen LogP contribution >= 0.6 is 39.1 Å². The lowest BCUT2D eigenvalue weighted by Crippen LogP contribution is -2.26. The molecule has 102 valence electrons. The summed E-state index contributed by atoms with van der Waals surface area (Å²) in [5, 5.41) is 0.206. The third-order valence-corrected chi connectivity index (χ3v) is 5.09. The minimum absolute atomic E-state index is 0.0715. The first-order valence-electron chi connectivity index (χ1n) is 5.38. The third-order valence-electron chi connectivity index (χ3n) is 2.25. The predicted molar refractivity (Wildman–Crippen MR) is 78.8 cm³/mol. The molecule has 18 heavy (non-hydrogen) atoms. The number of hydrogen-bond acceptors (Lipinski definition) is 2. The van der Waals surface area contributed by atoms with Crippen LogP contribution in [0.5, 0.6) is 0 Å². The number of halogens is 3. The molecule has 1 rings (SSSR count). The maximum atomic E-state index is 12.1. The largest absolute Gasteiger partial charge is 0.243 e. The van der Waals surface area contributed by atoms with Crippen LogP contribution < -0.4 is 4.72 Å². The van der Waals surface area contributed by atoms with Crippen LogP contribution in [0.3, 0.4) is 0 Å². The molecule has 0 amide bonds. The molecule has 0 fully saturated rings. The van der Waals surface area contributed by atoms with E-state index in [1.807, 2.05) is 13.8 Å². The molecule has 0 aliphatic rings. The van der Waals surface area contributed by atoms with E-state index in [9.17, 15) is 8.42 Å². The molecule has 0 radical (unpaired) electrons. The van der Waals surface area contributed by atoms with Gasteiger partial charge < -0.3 is 0 Å². The highest BCUT2D eigenvalue weighted by Crippen LogP contribution is 2.32. The van der Waals surface area contributed by atoms with Gasteiger partial charge >= 0.3 is 0 Å². The molecule has 0 heterocycles. The summed E-state index contributed by atoms with van der Waals surface area (Å²) in [6.45, 7) is 4.41. The maximum absolute atomic E-state index is 12.1. The van der Waals surface area contributed by atoms with Gasteiger partial charge in [-0.1, -0.05) is 53.0 Å². The lowest BCUT2D eigenvalue weighted by Gasteiger charge is -2.11. The zero-order valence-electron chi connectivity index (χ0n) is 10.0. The number of sulfonamides is 1. The van der Waals surface area contributed by atoms with Gasteiger partial charge in [-0.3, -0.25) is 0 Å². The van der Waals surface area contributed by atoms with E-state index >= 15 is 0 Å². The number of rotatable bonds is 5. The summed E-state index contributed by atoms with van der Waals surface area (Å²) >= 11 is 15.1. The van der Waals surface area contributed by atoms with Gasteiger partial charge in [0.15, 0.2) is 0 Å². The normalized spacial score (nSPS) is 12.1. The van der Waals surface area contributed by atoms with Crippen LogP contribution in [-0.4, -0.2) is 15.0 Å². The summed E-state index contributed by atoms with van der Waals surface area (Å²) in [6.07, 6.45) is 0.755. The lowest BCUT2D eigenvalue weighted by atomic mass is 10.1. The van der Waals surface area contributed by atoms with E-state index in [1.54, 1.807) is 0 Å². The second-order valence-corrected chi connectivity index (χ2v) is 7.71. The molecule has 0 spiro atoms. The smallest absolute Gasteiger partial charge is 0.211 e. The van der Waals surface area contributed by atoms with Gasteiger partial charge in [0, 0.05) is 11.0 Å². The van der Waals surface area contributed by atoms with Crippen molar-refractivity contribution in [2.24, 2.45) is 5.92 Å². The topological polar surface area (TPSA) is 46.2 Å². The van der Waals surface area contributed by atoms with Crippen molar-refractivity contribution < 1.29 is 8.42 Å². The van der Waals surface area contributed by atoms with Crippen LogP contribution in [0.15, 0.2) is 21.5 Å². The SMILES string of the molecule is CC(C)CCNS(=O)(=O)c1c(Cl)cc(Br)cc1Cl. The molecule has 7 heteroatoms. The Bertz CT molecular complexity index is 509. The Kier molecular flexibility index (Phi) is 5.93. The first kappa shape index (κ1) is 16.2. The molecule has 0 saturated carbocycles. The average Bonchev–Trinajstić information content (AvgIpc) is 2.13. The highest BCUT2D eigenvalue weighted by Gasteiger charge is 2.21. The molecule has 0 saturated heterocycles. The van der Waals surface area contributed by atoms with Crippen molar-refractivity contribution in [1.82, 2.24) is 4.72 Å². The predicted octanol–water partition coefficient (Wildman–Crippen LogP) is 4.08. The fraction of sp³-hybridized carbons (Fsp3) is 0.455. The Morgan fingerprint density at radius 3 is 2.22 bits per heavy atom. The van der Waals surface area contributed by atoms with Crippen LogP contribution in [0.2, 0.25) is 10.0 Å². The van der Waals surface area contributed by atoms with E-state index in [-0.39, 0.29) is 14.9 Å². The molecule has 1 aromatic rings. The van der Waals surface area contributed by atoms with Crippen LogP contribution in [0.4, 0.5) is 0 Å². The van der Waals surface area contributed by atoms with Crippen LogP contribution in [0.1, 0.15) is 20.3 Å². The molecule has 0 unspecified atom stereocenters. The van der Waals surface area contributed by atoms with Gasteiger partial charge in [-0.25, -0.2) is 13.1 Å². The van der Waals surface area contributed by atoms with Crippen molar-refractivity contribution in [2.45, 2.75) is 25.2 Å². The summed E-state index contributed by atoms with van der Waals surface area (Å²) in [7, 11) is -3.67. The minimum Gasteiger partial charge on any atom is -0.211 e. The van der Waals surface area contributed by atoms with E-state index in [0.717, 1.165) is 6.42 Å². The molecule has 0 atom stereocenters. The summed E-state index contributed by atoms with van der Waals surface area (Å²) < 4.78 is 27.3. The van der Waals surface area contributed by atoms with Crippen molar-refractivity contribution in [3.05, 3.63) is 26.7 Å². The van der Waals surface area contributed by atoms with E-state index < -0.39 is 10.0 Å². The van der Waals surface area contributed by atoms with E-state index in [0.29, 0.717) is 16.9 Å². The van der Waals surface area contributed by atoms with E-state index in [2.05, 4.69) is 20.7 Å². The number of benzene rings is 1. The summed E-state index contributed by atoms with van der Waals surface area (Å²) in [4.78, 5) is -0.0715. The quantitative estimate of drug-likeness (QED) is 0.843. The van der Waals surface area contributed by atoms with Crippen molar-refractivity contribution in [3.63, 3.8) is 0 Å². The number of nitrogens with one attached hydrogen (secondary N) is 1. The first-order valence-corrected chi connectivity index (χ1v) is 8.41. The van der Waals surface area contributed by atoms with Gasteiger partial charge in [-0.05, 0) is 24.5 Å². The monoisotopic (exact) mass is 373 g/mol. The molecular formula is C11H14BrCl2NO2S. The van der Waals surface area contributed by atoms with Crippen LogP contribution in [0, 0.1) is 5.92 Å². The Morgan fingerprint density at radius 2 is 1.78 bits per heavy atom. The maximum Gasteiger partial charge on any atom is 0.243 e. The molecule has 3 nitrogen and oxygen atoms in total. The molecule has 0 bridgehead atoms. The van der Waals surface area contributed by atoms with Crippen molar-refractivity contribution >= 4 is 49.2 Å². The molecule has 1 aromatic carbocycles. The Labute approximate surface area is 126 Å². The molecular weight excluding hydrogens is 361 g/mol. The zero-order chi connectivity index (χ0) is 13.9. The van der Waals surface area contributed by atoms with Crippen LogP contribution in [-0.2, 0) is 10.0 Å². The average molecular weight is 375 g/mol. The van der Waals surface area contributed by atoms with Crippen molar-refractivity contribution in [2.75, 3.05) is 6.54 Å². The summed E-state index contributed by atoms with van der Waals surface area (Å²) in [6, 6.07) is 3.01. The van der Waals surface area contributed by atoms with Crippen molar-refractivity contribution in [3.8, 4) is 0 Å². The number of hydrogen-bond donors (Lipinski definition) is 1. The first-order chi connectivity index (χ1) is 8.24. The van der Waals surface area contributed by atoms with Crippen LogP contribution in [0.25, 0.3) is 0 Å². The van der Waals surface area contributed by atoms with Gasteiger partial charge in [0.1, 0.15) is 4.90 Å². The highest BCUT2D eigenvalue weighted by molar-refractivity contribution is 9.10. The van der Waals surface area contributed by atoms with Gasteiger partial charge in [0.2, 0.25) is 10.0 Å². The van der Waals surface area contributed by atoms with Gasteiger partial charge in [0.25, 0.3) is 0 Å². The Morgan fingerprint density at radius 1 is 1.28 bits per heavy atom. The van der Waals surface area contributed by atoms with Gasteiger partial charge in [-0.2, -0.15) is 0 Å². The summed E-state index contributed by atoms with van der Waals surface area (Å²) in [5.41, 5.74) is 0. The standard InChI is InChI=1S/C11H14BrCl2NO2S/c1-7(2)3-4-15-18(16,17)11-9(13)5-8(12)6-10(11)14/h5-7,15H,3-4H2,1-2H3. The molecule has 1 N–H and O–H groups in total. The van der Waals surface area contributed by atoms with Crippen molar-refractivity contribution in [1.29, 1.82) is 0 Å².